The molecule has 0 aliphatic rings. The quantitative estimate of drug-likeness (QED) is 0.937. The van der Waals surface area contributed by atoms with Crippen LogP contribution < -0.4 is 10.5 Å². The zero-order chi connectivity index (χ0) is 13.8. The number of rotatable bonds is 4. The molecule has 0 spiro atoms. The van der Waals surface area contributed by atoms with E-state index in [-0.39, 0.29) is 6.04 Å². The van der Waals surface area contributed by atoms with Crippen LogP contribution in [0.25, 0.3) is 0 Å². The van der Waals surface area contributed by atoms with E-state index in [2.05, 4.69) is 4.98 Å². The minimum absolute atomic E-state index is 0.221. The van der Waals surface area contributed by atoms with E-state index < -0.39 is 0 Å². The third-order valence-electron chi connectivity index (χ3n) is 2.84. The van der Waals surface area contributed by atoms with Crippen molar-refractivity contribution in [2.24, 2.45) is 5.73 Å². The van der Waals surface area contributed by atoms with Crippen molar-refractivity contribution in [2.45, 2.75) is 12.5 Å². The number of aromatic nitrogens is 1. The first-order chi connectivity index (χ1) is 9.11. The average molecular weight is 297 g/mol. The SMILES string of the molecule is COc1ccc(CC(N)c2cccc(Cl)c2Cl)cn1. The van der Waals surface area contributed by atoms with Crippen LogP contribution in [0.1, 0.15) is 17.2 Å². The molecule has 100 valence electrons. The molecule has 1 heterocycles. The van der Waals surface area contributed by atoms with E-state index in [1.165, 1.54) is 0 Å². The van der Waals surface area contributed by atoms with Gasteiger partial charge in [-0.2, -0.15) is 0 Å². The summed E-state index contributed by atoms with van der Waals surface area (Å²) in [5, 5.41) is 1.03. The number of ether oxygens (including phenoxy) is 1. The first-order valence-corrected chi connectivity index (χ1v) is 6.56. The van der Waals surface area contributed by atoms with Crippen LogP contribution in [0.2, 0.25) is 10.0 Å². The molecule has 1 unspecified atom stereocenters. The van der Waals surface area contributed by atoms with Crippen LogP contribution >= 0.6 is 23.2 Å². The molecule has 1 aromatic carbocycles. The fourth-order valence-corrected chi connectivity index (χ4v) is 2.27. The second kappa shape index (κ2) is 6.24. The highest BCUT2D eigenvalue weighted by Gasteiger charge is 2.13. The molecule has 0 aliphatic carbocycles. The van der Waals surface area contributed by atoms with Crippen molar-refractivity contribution < 1.29 is 4.74 Å². The monoisotopic (exact) mass is 296 g/mol. The van der Waals surface area contributed by atoms with Gasteiger partial charge in [0.15, 0.2) is 0 Å². The first-order valence-electron chi connectivity index (χ1n) is 5.80. The Balaban J connectivity index is 2.15. The largest absolute Gasteiger partial charge is 0.481 e. The van der Waals surface area contributed by atoms with Crippen molar-refractivity contribution in [3.63, 3.8) is 0 Å². The predicted molar refractivity (Wildman–Crippen MR) is 77.9 cm³/mol. The van der Waals surface area contributed by atoms with Crippen molar-refractivity contribution in [3.05, 3.63) is 57.7 Å². The second-order valence-electron chi connectivity index (χ2n) is 4.16. The lowest BCUT2D eigenvalue weighted by Gasteiger charge is -2.14. The summed E-state index contributed by atoms with van der Waals surface area (Å²) in [5.74, 6) is 0.582. The van der Waals surface area contributed by atoms with Gasteiger partial charge in [0, 0.05) is 18.3 Å². The molecule has 0 saturated carbocycles. The molecule has 0 amide bonds. The number of pyridine rings is 1. The number of hydrogen-bond acceptors (Lipinski definition) is 3. The Morgan fingerprint density at radius 1 is 1.26 bits per heavy atom. The van der Waals surface area contributed by atoms with Crippen molar-refractivity contribution >= 4 is 23.2 Å². The lowest BCUT2D eigenvalue weighted by atomic mass is 10.0. The Bertz CT molecular complexity index is 558. The fraction of sp³-hybridized carbons (Fsp3) is 0.214. The standard InChI is InChI=1S/C14H14Cl2N2O/c1-19-13-6-5-9(8-18-13)7-12(17)10-3-2-4-11(15)14(10)16/h2-6,8,12H,7,17H2,1H3. The van der Waals surface area contributed by atoms with Crippen LogP contribution in [0.15, 0.2) is 36.5 Å². The Morgan fingerprint density at radius 3 is 2.68 bits per heavy atom. The highest BCUT2D eigenvalue weighted by atomic mass is 35.5. The highest BCUT2D eigenvalue weighted by Crippen LogP contribution is 2.30. The van der Waals surface area contributed by atoms with E-state index in [4.69, 9.17) is 33.7 Å². The maximum atomic E-state index is 6.17. The van der Waals surface area contributed by atoms with E-state index in [9.17, 15) is 0 Å². The van der Waals surface area contributed by atoms with Crippen LogP contribution in [0.5, 0.6) is 5.88 Å². The van der Waals surface area contributed by atoms with E-state index in [0.717, 1.165) is 11.1 Å². The molecule has 2 aromatic rings. The molecular formula is C14H14Cl2N2O. The maximum absolute atomic E-state index is 6.17. The molecule has 0 fully saturated rings. The molecule has 5 heteroatoms. The summed E-state index contributed by atoms with van der Waals surface area (Å²) < 4.78 is 5.01. The first kappa shape index (κ1) is 14.1. The normalized spacial score (nSPS) is 12.2. The zero-order valence-corrected chi connectivity index (χ0v) is 11.9. The van der Waals surface area contributed by atoms with Crippen molar-refractivity contribution in [1.82, 2.24) is 4.98 Å². The van der Waals surface area contributed by atoms with Crippen LogP contribution in [-0.4, -0.2) is 12.1 Å². The van der Waals surface area contributed by atoms with Gasteiger partial charge < -0.3 is 10.5 Å². The number of nitrogens with two attached hydrogens (primary N) is 1. The van der Waals surface area contributed by atoms with Gasteiger partial charge in [-0.15, -0.1) is 0 Å². The highest BCUT2D eigenvalue weighted by molar-refractivity contribution is 6.42. The van der Waals surface area contributed by atoms with E-state index >= 15 is 0 Å². The van der Waals surface area contributed by atoms with Crippen molar-refractivity contribution in [2.75, 3.05) is 7.11 Å². The summed E-state index contributed by atoms with van der Waals surface area (Å²) in [6, 6.07) is 8.99. The Morgan fingerprint density at radius 2 is 2.05 bits per heavy atom. The molecule has 0 bridgehead atoms. The van der Waals surface area contributed by atoms with Gasteiger partial charge in [0.1, 0.15) is 0 Å². The third kappa shape index (κ3) is 3.38. The van der Waals surface area contributed by atoms with Crippen molar-refractivity contribution in [1.29, 1.82) is 0 Å². The molecule has 0 saturated heterocycles. The van der Waals surface area contributed by atoms with Crippen LogP contribution in [0.3, 0.4) is 0 Å². The minimum atomic E-state index is -0.221. The molecule has 1 atom stereocenters. The molecule has 2 N–H and O–H groups in total. The smallest absolute Gasteiger partial charge is 0.212 e. The summed E-state index contributed by atoms with van der Waals surface area (Å²) >= 11 is 12.1. The number of nitrogens with zero attached hydrogens (tertiary/aromatic N) is 1. The van der Waals surface area contributed by atoms with Gasteiger partial charge in [0.25, 0.3) is 0 Å². The van der Waals surface area contributed by atoms with Gasteiger partial charge in [0.05, 0.1) is 17.2 Å². The van der Waals surface area contributed by atoms with Crippen molar-refractivity contribution in [3.8, 4) is 5.88 Å². The molecule has 2 rings (SSSR count). The van der Waals surface area contributed by atoms with Gasteiger partial charge in [-0.3, -0.25) is 0 Å². The minimum Gasteiger partial charge on any atom is -0.481 e. The van der Waals surface area contributed by atoms with Gasteiger partial charge in [0.2, 0.25) is 5.88 Å². The Kier molecular flexibility index (Phi) is 4.64. The number of hydrogen-bond donors (Lipinski definition) is 1. The summed E-state index contributed by atoms with van der Waals surface area (Å²) in [4.78, 5) is 4.15. The van der Waals surface area contributed by atoms with Gasteiger partial charge in [-0.25, -0.2) is 4.98 Å². The molecule has 3 nitrogen and oxygen atoms in total. The lowest BCUT2D eigenvalue weighted by molar-refractivity contribution is 0.397. The third-order valence-corrected chi connectivity index (χ3v) is 3.68. The molecule has 19 heavy (non-hydrogen) atoms. The second-order valence-corrected chi connectivity index (χ2v) is 4.95. The van der Waals surface area contributed by atoms with E-state index in [0.29, 0.717) is 22.3 Å². The Labute approximate surface area is 122 Å². The maximum Gasteiger partial charge on any atom is 0.212 e. The molecule has 0 aliphatic heterocycles. The van der Waals surface area contributed by atoms with Crippen LogP contribution in [0.4, 0.5) is 0 Å². The summed E-state index contributed by atoms with van der Waals surface area (Å²) in [7, 11) is 1.58. The predicted octanol–water partition coefficient (Wildman–Crippen LogP) is 3.64. The summed E-state index contributed by atoms with van der Waals surface area (Å²) in [5.41, 5.74) is 8.02. The summed E-state index contributed by atoms with van der Waals surface area (Å²) in [6.45, 7) is 0. The van der Waals surface area contributed by atoms with E-state index in [1.54, 1.807) is 19.4 Å². The van der Waals surface area contributed by atoms with Crippen LogP contribution in [0, 0.1) is 0 Å². The summed E-state index contributed by atoms with van der Waals surface area (Å²) in [6.07, 6.45) is 2.38. The van der Waals surface area contributed by atoms with Crippen LogP contribution in [-0.2, 0) is 6.42 Å². The number of benzene rings is 1. The van der Waals surface area contributed by atoms with Gasteiger partial charge in [-0.1, -0.05) is 41.4 Å². The van der Waals surface area contributed by atoms with Gasteiger partial charge >= 0.3 is 0 Å². The zero-order valence-electron chi connectivity index (χ0n) is 10.4. The Hall–Kier alpha value is -1.29. The topological polar surface area (TPSA) is 48.1 Å². The molecular weight excluding hydrogens is 283 g/mol. The fourth-order valence-electron chi connectivity index (χ4n) is 1.82. The number of methoxy groups -OCH3 is 1. The van der Waals surface area contributed by atoms with Gasteiger partial charge in [-0.05, 0) is 23.6 Å². The van der Waals surface area contributed by atoms with E-state index in [1.807, 2.05) is 24.3 Å². The molecule has 0 radical (unpaired) electrons. The molecule has 1 aromatic heterocycles. The lowest BCUT2D eigenvalue weighted by Crippen LogP contribution is -2.14. The average Bonchev–Trinajstić information content (AvgIpc) is 2.42. The number of halogens is 2.